The number of pyridine rings is 1. The van der Waals surface area contributed by atoms with Crippen LogP contribution in [0.4, 0.5) is 11.5 Å². The maximum atomic E-state index is 10.8. The zero-order valence-electron chi connectivity index (χ0n) is 8.00. The van der Waals surface area contributed by atoms with E-state index in [1.54, 1.807) is 12.1 Å². The molecule has 2 N–H and O–H groups in total. The van der Waals surface area contributed by atoms with E-state index in [1.165, 1.54) is 20.0 Å². The zero-order chi connectivity index (χ0) is 10.6. The third-order valence-corrected chi connectivity index (χ3v) is 1.41. The maximum absolute atomic E-state index is 10.8. The second-order valence-electron chi connectivity index (χ2n) is 2.76. The van der Waals surface area contributed by atoms with Crippen LogP contribution in [-0.2, 0) is 9.59 Å². The first-order valence-corrected chi connectivity index (χ1v) is 4.10. The van der Waals surface area contributed by atoms with Crippen molar-refractivity contribution in [3.63, 3.8) is 0 Å². The lowest BCUT2D eigenvalue weighted by Crippen LogP contribution is -2.13. The van der Waals surface area contributed by atoms with Crippen molar-refractivity contribution in [2.75, 3.05) is 10.6 Å². The first kappa shape index (κ1) is 10.2. The van der Waals surface area contributed by atoms with Gasteiger partial charge < -0.3 is 10.6 Å². The number of nitrogens with one attached hydrogen (secondary N) is 2. The summed E-state index contributed by atoms with van der Waals surface area (Å²) in [6.45, 7) is 2.77. The van der Waals surface area contributed by atoms with E-state index in [4.69, 9.17) is 0 Å². The van der Waals surface area contributed by atoms with Crippen LogP contribution in [0.15, 0.2) is 18.3 Å². The van der Waals surface area contributed by atoms with E-state index >= 15 is 0 Å². The molecular formula is C9H11N3O2. The summed E-state index contributed by atoms with van der Waals surface area (Å²) in [7, 11) is 0. The lowest BCUT2D eigenvalue weighted by Gasteiger charge is -2.07. The van der Waals surface area contributed by atoms with Gasteiger partial charge in [-0.15, -0.1) is 0 Å². The van der Waals surface area contributed by atoms with Crippen molar-refractivity contribution in [2.45, 2.75) is 13.8 Å². The standard InChI is InChI=1S/C9H11N3O2/c1-6(13)11-8-4-3-5-10-9(8)12-7(2)14/h3-5H,1-2H3,(H,11,13)(H,10,12,14). The van der Waals surface area contributed by atoms with E-state index in [0.29, 0.717) is 11.5 Å². The number of carbonyl (C=O) groups is 2. The Balaban J connectivity index is 2.90. The van der Waals surface area contributed by atoms with E-state index in [-0.39, 0.29) is 11.8 Å². The molecule has 0 fully saturated rings. The van der Waals surface area contributed by atoms with Crippen LogP contribution in [-0.4, -0.2) is 16.8 Å². The molecule has 5 heteroatoms. The van der Waals surface area contributed by atoms with E-state index < -0.39 is 0 Å². The average Bonchev–Trinajstić information content (AvgIpc) is 2.06. The Hall–Kier alpha value is -1.91. The van der Waals surface area contributed by atoms with Gasteiger partial charge in [-0.05, 0) is 12.1 Å². The minimum absolute atomic E-state index is 0.204. The molecule has 5 nitrogen and oxygen atoms in total. The van der Waals surface area contributed by atoms with Gasteiger partial charge in [-0.1, -0.05) is 0 Å². The monoisotopic (exact) mass is 193 g/mol. The van der Waals surface area contributed by atoms with Crippen LogP contribution in [0.5, 0.6) is 0 Å². The highest BCUT2D eigenvalue weighted by atomic mass is 16.2. The van der Waals surface area contributed by atoms with Crippen LogP contribution < -0.4 is 10.6 Å². The lowest BCUT2D eigenvalue weighted by atomic mass is 10.3. The molecule has 1 rings (SSSR count). The van der Waals surface area contributed by atoms with Crippen LogP contribution in [0.1, 0.15) is 13.8 Å². The van der Waals surface area contributed by atoms with Crippen LogP contribution in [0, 0.1) is 0 Å². The highest BCUT2D eigenvalue weighted by Crippen LogP contribution is 2.17. The zero-order valence-corrected chi connectivity index (χ0v) is 8.00. The summed E-state index contributed by atoms with van der Waals surface area (Å²) in [6.07, 6.45) is 1.54. The van der Waals surface area contributed by atoms with Gasteiger partial charge in [0.05, 0.1) is 5.69 Å². The summed E-state index contributed by atoms with van der Waals surface area (Å²) < 4.78 is 0. The SMILES string of the molecule is CC(=O)Nc1cccnc1NC(C)=O. The highest BCUT2D eigenvalue weighted by molar-refractivity contribution is 5.96. The van der Waals surface area contributed by atoms with Crippen molar-refractivity contribution in [2.24, 2.45) is 0 Å². The van der Waals surface area contributed by atoms with E-state index in [1.807, 2.05) is 0 Å². The second kappa shape index (κ2) is 4.36. The van der Waals surface area contributed by atoms with Crippen LogP contribution in [0.25, 0.3) is 0 Å². The van der Waals surface area contributed by atoms with Gasteiger partial charge >= 0.3 is 0 Å². The molecule has 0 radical (unpaired) electrons. The van der Waals surface area contributed by atoms with E-state index in [0.717, 1.165) is 0 Å². The molecule has 0 aliphatic rings. The van der Waals surface area contributed by atoms with Crippen molar-refractivity contribution in [1.82, 2.24) is 4.98 Å². The smallest absolute Gasteiger partial charge is 0.222 e. The quantitative estimate of drug-likeness (QED) is 0.736. The maximum Gasteiger partial charge on any atom is 0.222 e. The largest absolute Gasteiger partial charge is 0.323 e. The molecule has 0 saturated carbocycles. The summed E-state index contributed by atoms with van der Waals surface area (Å²) in [5.41, 5.74) is 0.496. The summed E-state index contributed by atoms with van der Waals surface area (Å²) >= 11 is 0. The molecule has 0 aliphatic heterocycles. The highest BCUT2D eigenvalue weighted by Gasteiger charge is 2.05. The third kappa shape index (κ3) is 2.85. The summed E-state index contributed by atoms with van der Waals surface area (Å²) in [5, 5.41) is 5.08. The number of amides is 2. The number of aromatic nitrogens is 1. The molecule has 0 aromatic carbocycles. The van der Waals surface area contributed by atoms with Crippen molar-refractivity contribution < 1.29 is 9.59 Å². The first-order valence-electron chi connectivity index (χ1n) is 4.10. The number of hydrogen-bond acceptors (Lipinski definition) is 3. The van der Waals surface area contributed by atoms with Crippen LogP contribution in [0.3, 0.4) is 0 Å². The van der Waals surface area contributed by atoms with Crippen molar-refractivity contribution in [3.8, 4) is 0 Å². The Morgan fingerprint density at radius 3 is 2.43 bits per heavy atom. The molecule has 14 heavy (non-hydrogen) atoms. The molecule has 74 valence electrons. The predicted octanol–water partition coefficient (Wildman–Crippen LogP) is 0.998. The lowest BCUT2D eigenvalue weighted by molar-refractivity contribution is -0.115. The van der Waals surface area contributed by atoms with Gasteiger partial charge in [0.25, 0.3) is 0 Å². The molecule has 0 bridgehead atoms. The number of anilines is 2. The molecule has 1 aromatic heterocycles. The minimum atomic E-state index is -0.227. The molecule has 0 aliphatic carbocycles. The average molecular weight is 193 g/mol. The van der Waals surface area contributed by atoms with Gasteiger partial charge in [-0.3, -0.25) is 9.59 Å². The number of nitrogens with zero attached hydrogens (tertiary/aromatic N) is 1. The van der Waals surface area contributed by atoms with Gasteiger partial charge in [-0.25, -0.2) is 4.98 Å². The fourth-order valence-corrected chi connectivity index (χ4v) is 0.962. The number of carbonyl (C=O) groups excluding carboxylic acids is 2. The number of rotatable bonds is 2. The van der Waals surface area contributed by atoms with E-state index in [9.17, 15) is 9.59 Å². The van der Waals surface area contributed by atoms with Gasteiger partial charge in [0.15, 0.2) is 5.82 Å². The summed E-state index contributed by atoms with van der Waals surface area (Å²) in [4.78, 5) is 25.5. The molecule has 0 atom stereocenters. The molecule has 0 spiro atoms. The van der Waals surface area contributed by atoms with Crippen molar-refractivity contribution >= 4 is 23.3 Å². The fourth-order valence-electron chi connectivity index (χ4n) is 0.962. The van der Waals surface area contributed by atoms with Crippen LogP contribution >= 0.6 is 0 Å². The molecular weight excluding hydrogens is 182 g/mol. The summed E-state index contributed by atoms with van der Waals surface area (Å²) in [6, 6.07) is 3.34. The normalized spacial score (nSPS) is 9.29. The van der Waals surface area contributed by atoms with Crippen molar-refractivity contribution in [3.05, 3.63) is 18.3 Å². The minimum Gasteiger partial charge on any atom is -0.323 e. The molecule has 1 heterocycles. The fraction of sp³-hybridized carbons (Fsp3) is 0.222. The Labute approximate surface area is 81.5 Å². The molecule has 1 aromatic rings. The molecule has 0 unspecified atom stereocenters. The number of hydrogen-bond donors (Lipinski definition) is 2. The summed E-state index contributed by atoms with van der Waals surface area (Å²) in [5.74, 6) is -0.0740. The Morgan fingerprint density at radius 1 is 1.21 bits per heavy atom. The second-order valence-corrected chi connectivity index (χ2v) is 2.76. The molecule has 2 amide bonds. The Kier molecular flexibility index (Phi) is 3.17. The van der Waals surface area contributed by atoms with Gasteiger partial charge in [-0.2, -0.15) is 0 Å². The van der Waals surface area contributed by atoms with Gasteiger partial charge in [0.1, 0.15) is 0 Å². The Bertz CT molecular complexity index is 328. The predicted molar refractivity (Wildman–Crippen MR) is 52.8 cm³/mol. The van der Waals surface area contributed by atoms with E-state index in [2.05, 4.69) is 15.6 Å². The van der Waals surface area contributed by atoms with Crippen molar-refractivity contribution in [1.29, 1.82) is 0 Å². The van der Waals surface area contributed by atoms with Crippen LogP contribution in [0.2, 0.25) is 0 Å². The Morgan fingerprint density at radius 2 is 1.86 bits per heavy atom. The van der Waals surface area contributed by atoms with Gasteiger partial charge in [0, 0.05) is 20.0 Å². The third-order valence-electron chi connectivity index (χ3n) is 1.41. The first-order chi connectivity index (χ1) is 6.59. The topological polar surface area (TPSA) is 71.1 Å². The molecule has 0 saturated heterocycles. The van der Waals surface area contributed by atoms with Gasteiger partial charge in [0.2, 0.25) is 11.8 Å².